The fourth-order valence-electron chi connectivity index (χ4n) is 2.86. The average Bonchev–Trinajstić information content (AvgIpc) is 2.84. The Labute approximate surface area is 148 Å². The maximum absolute atomic E-state index is 12.8. The number of ether oxygens (including phenoxy) is 2. The number of carbonyl (C=O) groups excluding carboxylic acids is 3. The molecule has 1 heterocycles. The van der Waals surface area contributed by atoms with Gasteiger partial charge in [0, 0.05) is 5.92 Å². The molecule has 0 spiro atoms. The lowest BCUT2D eigenvalue weighted by atomic mass is 9.96. The van der Waals surface area contributed by atoms with Crippen molar-refractivity contribution in [2.75, 3.05) is 6.61 Å². The van der Waals surface area contributed by atoms with Crippen LogP contribution in [0.1, 0.15) is 39.7 Å². The van der Waals surface area contributed by atoms with Crippen LogP contribution in [0.5, 0.6) is 0 Å². The number of rotatable bonds is 4. The minimum Gasteiger partial charge on any atom is -0.464 e. The number of hydrogen-bond donors (Lipinski definition) is 0. The highest BCUT2D eigenvalue weighted by Crippen LogP contribution is 2.30. The van der Waals surface area contributed by atoms with Crippen LogP contribution in [0.4, 0.5) is 4.79 Å². The molecule has 0 saturated carbocycles. The fraction of sp³-hybridized carbons (Fsp3) is 0.526. The summed E-state index contributed by atoms with van der Waals surface area (Å²) in [4.78, 5) is 38.4. The molecular formula is C19H25NO5. The minimum absolute atomic E-state index is 0.190. The average molecular weight is 347 g/mol. The summed E-state index contributed by atoms with van der Waals surface area (Å²) in [6.07, 6.45) is -0.0909. The first kappa shape index (κ1) is 19.0. The molecule has 2 rings (SSSR count). The van der Waals surface area contributed by atoms with E-state index in [1.165, 1.54) is 0 Å². The van der Waals surface area contributed by atoms with Crippen molar-refractivity contribution in [3.63, 3.8) is 0 Å². The van der Waals surface area contributed by atoms with Gasteiger partial charge in [-0.05, 0) is 46.1 Å². The predicted octanol–water partition coefficient (Wildman–Crippen LogP) is 2.94. The quantitative estimate of drug-likeness (QED) is 0.783. The topological polar surface area (TPSA) is 72.9 Å². The molecule has 6 nitrogen and oxygen atoms in total. The van der Waals surface area contributed by atoms with Crippen molar-refractivity contribution >= 4 is 18.0 Å². The molecule has 1 fully saturated rings. The van der Waals surface area contributed by atoms with E-state index >= 15 is 0 Å². The van der Waals surface area contributed by atoms with Crippen LogP contribution >= 0.6 is 0 Å². The zero-order valence-corrected chi connectivity index (χ0v) is 15.2. The van der Waals surface area contributed by atoms with Gasteiger partial charge in [-0.3, -0.25) is 4.79 Å². The first-order valence-electron chi connectivity index (χ1n) is 8.49. The van der Waals surface area contributed by atoms with E-state index in [0.29, 0.717) is 6.42 Å². The number of esters is 1. The highest BCUT2D eigenvalue weighted by atomic mass is 16.6. The molecule has 0 bridgehead atoms. The van der Waals surface area contributed by atoms with Crippen LogP contribution < -0.4 is 0 Å². The van der Waals surface area contributed by atoms with Gasteiger partial charge < -0.3 is 9.47 Å². The lowest BCUT2D eigenvalue weighted by Crippen LogP contribution is -2.46. The number of nitrogens with zero attached hydrogens (tertiary/aromatic N) is 1. The van der Waals surface area contributed by atoms with Gasteiger partial charge in [-0.25, -0.2) is 14.5 Å². The minimum atomic E-state index is -0.934. The third-order valence-electron chi connectivity index (χ3n) is 3.88. The molecule has 1 aliphatic heterocycles. The normalized spacial score (nSPS) is 20.5. The van der Waals surface area contributed by atoms with Gasteiger partial charge >= 0.3 is 12.1 Å². The third-order valence-corrected chi connectivity index (χ3v) is 3.88. The predicted molar refractivity (Wildman–Crippen MR) is 91.8 cm³/mol. The van der Waals surface area contributed by atoms with Crippen molar-refractivity contribution in [2.45, 2.75) is 52.2 Å². The molecule has 1 unspecified atom stereocenters. The van der Waals surface area contributed by atoms with Gasteiger partial charge in [0.15, 0.2) is 0 Å². The lowest BCUT2D eigenvalue weighted by molar-refractivity contribution is -0.151. The van der Waals surface area contributed by atoms with E-state index in [1.54, 1.807) is 27.7 Å². The van der Waals surface area contributed by atoms with Crippen LogP contribution in [-0.4, -0.2) is 41.1 Å². The first-order chi connectivity index (χ1) is 11.7. The Balaban J connectivity index is 2.22. The number of likely N-dealkylation sites (tertiary alicyclic amines) is 1. The molecule has 0 aliphatic carbocycles. The van der Waals surface area contributed by atoms with E-state index in [0.717, 1.165) is 10.5 Å². The van der Waals surface area contributed by atoms with Crippen molar-refractivity contribution in [3.8, 4) is 0 Å². The second kappa shape index (κ2) is 7.68. The molecule has 136 valence electrons. The van der Waals surface area contributed by atoms with Gasteiger partial charge in [-0.1, -0.05) is 30.3 Å². The Morgan fingerprint density at radius 3 is 2.40 bits per heavy atom. The van der Waals surface area contributed by atoms with Crippen LogP contribution in [-0.2, 0) is 25.5 Å². The number of amides is 2. The smallest absolute Gasteiger partial charge is 0.417 e. The SMILES string of the molecule is CCOC(=O)[C@@H]1CC(Cc2ccccc2)C(=O)N1C(=O)OC(C)(C)C. The van der Waals surface area contributed by atoms with Crippen LogP contribution in [0, 0.1) is 5.92 Å². The van der Waals surface area contributed by atoms with E-state index in [9.17, 15) is 14.4 Å². The molecule has 0 aromatic heterocycles. The van der Waals surface area contributed by atoms with Gasteiger partial charge in [0.1, 0.15) is 11.6 Å². The molecule has 1 aliphatic rings. The highest BCUT2D eigenvalue weighted by Gasteiger charge is 2.48. The highest BCUT2D eigenvalue weighted by molar-refractivity contribution is 6.00. The number of hydrogen-bond acceptors (Lipinski definition) is 5. The second-order valence-corrected chi connectivity index (χ2v) is 7.08. The summed E-state index contributed by atoms with van der Waals surface area (Å²) in [7, 11) is 0. The Bertz CT molecular complexity index is 635. The molecular weight excluding hydrogens is 322 g/mol. The van der Waals surface area contributed by atoms with Crippen LogP contribution in [0.2, 0.25) is 0 Å². The zero-order valence-electron chi connectivity index (χ0n) is 15.2. The molecule has 2 amide bonds. The van der Waals surface area contributed by atoms with Gasteiger partial charge in [0.25, 0.3) is 0 Å². The summed E-state index contributed by atoms with van der Waals surface area (Å²) in [5.74, 6) is -1.42. The van der Waals surface area contributed by atoms with Crippen LogP contribution in [0.3, 0.4) is 0 Å². The largest absolute Gasteiger partial charge is 0.464 e. The molecule has 6 heteroatoms. The van der Waals surface area contributed by atoms with E-state index in [2.05, 4.69) is 0 Å². The summed E-state index contributed by atoms with van der Waals surface area (Å²) in [6, 6.07) is 8.59. The monoisotopic (exact) mass is 347 g/mol. The first-order valence-corrected chi connectivity index (χ1v) is 8.49. The van der Waals surface area contributed by atoms with Crippen molar-refractivity contribution in [1.29, 1.82) is 0 Å². The molecule has 1 saturated heterocycles. The van der Waals surface area contributed by atoms with Crippen molar-refractivity contribution < 1.29 is 23.9 Å². The summed E-state index contributed by atoms with van der Waals surface area (Å²) in [5, 5.41) is 0. The molecule has 0 radical (unpaired) electrons. The Morgan fingerprint density at radius 1 is 1.20 bits per heavy atom. The summed E-state index contributed by atoms with van der Waals surface area (Å²) in [5.41, 5.74) is 0.225. The Hall–Kier alpha value is -2.37. The maximum atomic E-state index is 12.8. The molecule has 25 heavy (non-hydrogen) atoms. The summed E-state index contributed by atoms with van der Waals surface area (Å²) >= 11 is 0. The molecule has 1 aromatic rings. The number of benzene rings is 1. The van der Waals surface area contributed by atoms with Gasteiger partial charge in [0.05, 0.1) is 6.61 Å². The third kappa shape index (κ3) is 4.81. The molecule has 0 N–H and O–H groups in total. The summed E-state index contributed by atoms with van der Waals surface area (Å²) in [6.45, 7) is 7.02. The second-order valence-electron chi connectivity index (χ2n) is 7.08. The number of imide groups is 1. The van der Waals surface area contributed by atoms with Crippen molar-refractivity contribution in [3.05, 3.63) is 35.9 Å². The lowest BCUT2D eigenvalue weighted by Gasteiger charge is -2.26. The van der Waals surface area contributed by atoms with Gasteiger partial charge in [-0.2, -0.15) is 0 Å². The van der Waals surface area contributed by atoms with Crippen LogP contribution in [0.15, 0.2) is 30.3 Å². The zero-order chi connectivity index (χ0) is 18.6. The number of carbonyl (C=O) groups is 3. The Morgan fingerprint density at radius 2 is 1.84 bits per heavy atom. The van der Waals surface area contributed by atoms with Crippen molar-refractivity contribution in [2.24, 2.45) is 5.92 Å². The maximum Gasteiger partial charge on any atom is 0.417 e. The Kier molecular flexibility index (Phi) is 5.82. The standard InChI is InChI=1S/C19H25NO5/c1-5-24-17(22)15-12-14(11-13-9-7-6-8-10-13)16(21)20(15)18(23)25-19(2,3)4/h6-10,14-15H,5,11-12H2,1-4H3/t14?,15-/m0/s1. The fourth-order valence-corrected chi connectivity index (χ4v) is 2.86. The van der Waals surface area contributed by atoms with Crippen molar-refractivity contribution in [1.82, 2.24) is 4.90 Å². The van der Waals surface area contributed by atoms with Crippen LogP contribution in [0.25, 0.3) is 0 Å². The van der Waals surface area contributed by atoms with Gasteiger partial charge in [-0.15, -0.1) is 0 Å². The van der Waals surface area contributed by atoms with E-state index in [1.807, 2.05) is 30.3 Å². The van der Waals surface area contributed by atoms with E-state index in [4.69, 9.17) is 9.47 Å². The van der Waals surface area contributed by atoms with E-state index in [-0.39, 0.29) is 13.0 Å². The molecule has 2 atom stereocenters. The van der Waals surface area contributed by atoms with E-state index < -0.39 is 35.5 Å². The summed E-state index contributed by atoms with van der Waals surface area (Å²) < 4.78 is 10.4. The molecule has 1 aromatic carbocycles. The van der Waals surface area contributed by atoms with Gasteiger partial charge in [0.2, 0.25) is 5.91 Å².